The maximum atomic E-state index is 12.1. The van der Waals surface area contributed by atoms with Gasteiger partial charge in [0.2, 0.25) is 5.91 Å². The first-order valence-electron chi connectivity index (χ1n) is 6.79. The molecule has 1 unspecified atom stereocenters. The fourth-order valence-corrected chi connectivity index (χ4v) is 3.42. The summed E-state index contributed by atoms with van der Waals surface area (Å²) in [4.78, 5) is 17.9. The van der Waals surface area contributed by atoms with Crippen LogP contribution in [0.2, 0.25) is 0 Å². The van der Waals surface area contributed by atoms with Gasteiger partial charge in [-0.15, -0.1) is 11.3 Å². The number of hydrogen-bond acceptors (Lipinski definition) is 3. The van der Waals surface area contributed by atoms with Gasteiger partial charge in [-0.05, 0) is 38.5 Å². The molecule has 1 amide bonds. The lowest BCUT2D eigenvalue weighted by Crippen LogP contribution is -2.34. The van der Waals surface area contributed by atoms with E-state index < -0.39 is 0 Å². The highest BCUT2D eigenvalue weighted by Crippen LogP contribution is 2.29. The molecule has 0 aromatic carbocycles. The Balaban J connectivity index is 1.86. The molecule has 1 atom stereocenters. The highest BCUT2D eigenvalue weighted by molar-refractivity contribution is 7.11. The first-order valence-corrected chi connectivity index (χ1v) is 7.60. The summed E-state index contributed by atoms with van der Waals surface area (Å²) in [6.45, 7) is 7.21. The van der Waals surface area contributed by atoms with Gasteiger partial charge in [0.25, 0.3) is 0 Å². The molecule has 1 heterocycles. The van der Waals surface area contributed by atoms with Crippen LogP contribution in [-0.2, 0) is 17.6 Å². The molecule has 2 rings (SSSR count). The van der Waals surface area contributed by atoms with Gasteiger partial charge in [-0.2, -0.15) is 0 Å². The Morgan fingerprint density at radius 1 is 1.56 bits per heavy atom. The first kappa shape index (κ1) is 13.5. The van der Waals surface area contributed by atoms with E-state index in [1.807, 2.05) is 6.92 Å². The van der Waals surface area contributed by atoms with E-state index in [0.717, 1.165) is 37.2 Å². The molecule has 0 aliphatic heterocycles. The largest absolute Gasteiger partial charge is 0.356 e. The van der Waals surface area contributed by atoms with Crippen molar-refractivity contribution in [2.75, 3.05) is 6.54 Å². The highest BCUT2D eigenvalue weighted by Gasteiger charge is 2.26. The number of hydrogen-bond donors (Lipinski definition) is 1. The Labute approximate surface area is 113 Å². The van der Waals surface area contributed by atoms with Crippen molar-refractivity contribution in [2.24, 2.45) is 11.8 Å². The van der Waals surface area contributed by atoms with Crippen molar-refractivity contribution in [2.45, 2.75) is 46.5 Å². The van der Waals surface area contributed by atoms with Crippen LogP contribution in [0.25, 0.3) is 0 Å². The number of carbonyl (C=O) groups excluding carboxylic acids is 1. The zero-order valence-electron chi connectivity index (χ0n) is 11.5. The molecule has 1 N–H and O–H groups in total. The first-order chi connectivity index (χ1) is 8.56. The molecule has 0 spiro atoms. The van der Waals surface area contributed by atoms with Crippen molar-refractivity contribution in [3.63, 3.8) is 0 Å². The van der Waals surface area contributed by atoms with Gasteiger partial charge in [-0.3, -0.25) is 4.79 Å². The number of nitrogens with zero attached hydrogens (tertiary/aromatic N) is 1. The van der Waals surface area contributed by atoms with Crippen molar-refractivity contribution in [3.8, 4) is 0 Å². The van der Waals surface area contributed by atoms with Gasteiger partial charge in [0, 0.05) is 17.3 Å². The van der Waals surface area contributed by atoms with Gasteiger partial charge >= 0.3 is 0 Å². The van der Waals surface area contributed by atoms with Gasteiger partial charge in [0.15, 0.2) is 0 Å². The van der Waals surface area contributed by atoms with Crippen LogP contribution >= 0.6 is 11.3 Å². The molecule has 1 aromatic heterocycles. The van der Waals surface area contributed by atoms with Crippen LogP contribution in [-0.4, -0.2) is 17.4 Å². The number of aromatic nitrogens is 1. The predicted octanol–water partition coefficient (Wildman–Crippen LogP) is 2.72. The molecule has 18 heavy (non-hydrogen) atoms. The van der Waals surface area contributed by atoms with Crippen molar-refractivity contribution in [1.29, 1.82) is 0 Å². The van der Waals surface area contributed by atoms with E-state index >= 15 is 0 Å². The minimum atomic E-state index is 0.157. The van der Waals surface area contributed by atoms with E-state index in [-0.39, 0.29) is 11.8 Å². The second-order valence-electron chi connectivity index (χ2n) is 5.52. The fraction of sp³-hybridized carbons (Fsp3) is 0.714. The summed E-state index contributed by atoms with van der Waals surface area (Å²) in [7, 11) is 0. The lowest BCUT2D eigenvalue weighted by atomic mass is 9.90. The fourth-order valence-electron chi connectivity index (χ4n) is 2.36. The van der Waals surface area contributed by atoms with Crippen molar-refractivity contribution >= 4 is 17.2 Å². The van der Waals surface area contributed by atoms with E-state index in [1.165, 1.54) is 10.6 Å². The third kappa shape index (κ3) is 3.31. The number of nitrogens with one attached hydrogen (secondary N) is 1. The molecule has 4 heteroatoms. The van der Waals surface area contributed by atoms with E-state index in [0.29, 0.717) is 5.92 Å². The molecule has 1 aromatic rings. The smallest absolute Gasteiger partial charge is 0.223 e. The minimum Gasteiger partial charge on any atom is -0.356 e. The molecule has 1 aliphatic carbocycles. The maximum Gasteiger partial charge on any atom is 0.223 e. The SMILES string of the molecule is Cc1nc2c(s1)CC(C(=O)NCCC(C)C)CC2. The molecular weight excluding hydrogens is 244 g/mol. The van der Waals surface area contributed by atoms with Crippen molar-refractivity contribution < 1.29 is 4.79 Å². The van der Waals surface area contributed by atoms with Crippen molar-refractivity contribution in [3.05, 3.63) is 15.6 Å². The summed E-state index contributed by atoms with van der Waals surface area (Å²) in [5.74, 6) is 1.03. The van der Waals surface area contributed by atoms with Gasteiger partial charge in [-0.25, -0.2) is 4.98 Å². The number of rotatable bonds is 4. The second kappa shape index (κ2) is 5.83. The summed E-state index contributed by atoms with van der Waals surface area (Å²) < 4.78 is 0. The Morgan fingerprint density at radius 2 is 2.33 bits per heavy atom. The summed E-state index contributed by atoms with van der Waals surface area (Å²) in [6, 6.07) is 0. The van der Waals surface area contributed by atoms with Crippen LogP contribution in [0, 0.1) is 18.8 Å². The predicted molar refractivity (Wildman–Crippen MR) is 74.8 cm³/mol. The molecular formula is C14H22N2OS. The van der Waals surface area contributed by atoms with Crippen LogP contribution in [0.3, 0.4) is 0 Å². The average molecular weight is 266 g/mol. The van der Waals surface area contributed by atoms with Gasteiger partial charge < -0.3 is 5.32 Å². The summed E-state index contributed by atoms with van der Waals surface area (Å²) in [5, 5.41) is 4.19. The number of aryl methyl sites for hydroxylation is 2. The van der Waals surface area contributed by atoms with Gasteiger partial charge in [0.05, 0.1) is 10.7 Å². The van der Waals surface area contributed by atoms with Gasteiger partial charge in [0.1, 0.15) is 0 Å². The van der Waals surface area contributed by atoms with Crippen LogP contribution < -0.4 is 5.32 Å². The summed E-state index contributed by atoms with van der Waals surface area (Å²) in [6.07, 6.45) is 3.85. The van der Waals surface area contributed by atoms with Crippen LogP contribution in [0.4, 0.5) is 0 Å². The molecule has 0 radical (unpaired) electrons. The topological polar surface area (TPSA) is 42.0 Å². The number of thiazole rings is 1. The molecule has 0 bridgehead atoms. The zero-order valence-corrected chi connectivity index (χ0v) is 12.3. The van der Waals surface area contributed by atoms with Gasteiger partial charge in [-0.1, -0.05) is 13.8 Å². The average Bonchev–Trinajstić information content (AvgIpc) is 2.67. The molecule has 3 nitrogen and oxygen atoms in total. The second-order valence-corrected chi connectivity index (χ2v) is 6.80. The highest BCUT2D eigenvalue weighted by atomic mass is 32.1. The Bertz CT molecular complexity index is 425. The van der Waals surface area contributed by atoms with Crippen molar-refractivity contribution in [1.82, 2.24) is 10.3 Å². The minimum absolute atomic E-state index is 0.157. The van der Waals surface area contributed by atoms with E-state index in [1.54, 1.807) is 11.3 Å². The molecule has 0 fully saturated rings. The van der Waals surface area contributed by atoms with E-state index in [9.17, 15) is 4.79 Å². The van der Waals surface area contributed by atoms with Crippen LogP contribution in [0.5, 0.6) is 0 Å². The number of amides is 1. The Morgan fingerprint density at radius 3 is 3.06 bits per heavy atom. The third-order valence-electron chi connectivity index (χ3n) is 3.44. The standard InChI is InChI=1S/C14H22N2OS/c1-9(2)6-7-15-14(17)11-4-5-12-13(8-11)18-10(3)16-12/h9,11H,4-8H2,1-3H3,(H,15,17). The third-order valence-corrected chi connectivity index (χ3v) is 4.47. The van der Waals surface area contributed by atoms with Crippen LogP contribution in [0.1, 0.15) is 42.3 Å². The quantitative estimate of drug-likeness (QED) is 0.910. The van der Waals surface area contributed by atoms with E-state index in [2.05, 4.69) is 24.1 Å². The molecule has 0 saturated carbocycles. The monoisotopic (exact) mass is 266 g/mol. The normalized spacial score (nSPS) is 18.8. The summed E-state index contributed by atoms with van der Waals surface area (Å²) in [5.41, 5.74) is 1.23. The zero-order chi connectivity index (χ0) is 13.1. The summed E-state index contributed by atoms with van der Waals surface area (Å²) >= 11 is 1.75. The Kier molecular flexibility index (Phi) is 4.38. The molecule has 100 valence electrons. The lowest BCUT2D eigenvalue weighted by Gasteiger charge is -2.20. The molecule has 0 saturated heterocycles. The van der Waals surface area contributed by atoms with E-state index in [4.69, 9.17) is 0 Å². The van der Waals surface area contributed by atoms with Crippen LogP contribution in [0.15, 0.2) is 0 Å². The molecule has 1 aliphatic rings. The lowest BCUT2D eigenvalue weighted by molar-refractivity contribution is -0.125. The maximum absolute atomic E-state index is 12.1. The number of fused-ring (bicyclic) bond motifs is 1. The number of carbonyl (C=O) groups is 1. The Hall–Kier alpha value is -0.900.